The zero-order chi connectivity index (χ0) is 25.7. The van der Waals surface area contributed by atoms with Gasteiger partial charge in [-0.1, -0.05) is 127 Å². The van der Waals surface area contributed by atoms with Gasteiger partial charge in [-0.2, -0.15) is 0 Å². The first kappa shape index (κ1) is 30.2. The van der Waals surface area contributed by atoms with E-state index >= 15 is 0 Å². The van der Waals surface area contributed by atoms with E-state index in [1.807, 2.05) is 36.0 Å². The molecule has 0 amide bonds. The van der Waals surface area contributed by atoms with Gasteiger partial charge in [0.25, 0.3) is 0 Å². The van der Waals surface area contributed by atoms with Crippen LogP contribution in [0.5, 0.6) is 5.75 Å². The number of carbonyl (C=O) groups excluding carboxylic acids is 1. The van der Waals surface area contributed by atoms with Crippen molar-refractivity contribution in [3.8, 4) is 5.75 Å². The summed E-state index contributed by atoms with van der Waals surface area (Å²) in [5, 5.41) is 0. The van der Waals surface area contributed by atoms with Crippen LogP contribution in [0.25, 0.3) is 6.08 Å². The zero-order valence-electron chi connectivity index (χ0n) is 22.8. The van der Waals surface area contributed by atoms with Crippen molar-refractivity contribution < 1.29 is 9.53 Å². The highest BCUT2D eigenvalue weighted by molar-refractivity contribution is 7.99. The molecule has 0 aromatic heterocycles. The molecule has 0 saturated heterocycles. The molecule has 0 heterocycles. The van der Waals surface area contributed by atoms with Gasteiger partial charge in [0.1, 0.15) is 5.75 Å². The zero-order valence-corrected chi connectivity index (χ0v) is 23.6. The predicted molar refractivity (Wildman–Crippen MR) is 158 cm³/mol. The quantitative estimate of drug-likeness (QED) is 0.0726. The van der Waals surface area contributed by atoms with Crippen molar-refractivity contribution in [1.29, 1.82) is 0 Å². The van der Waals surface area contributed by atoms with E-state index in [4.69, 9.17) is 4.74 Å². The molecule has 0 unspecified atom stereocenters. The maximum atomic E-state index is 12.4. The number of hydrogen-bond acceptors (Lipinski definition) is 3. The lowest BCUT2D eigenvalue weighted by molar-refractivity contribution is 0.104. The second-order valence-electron chi connectivity index (χ2n) is 9.80. The Morgan fingerprint density at radius 3 is 1.86 bits per heavy atom. The third-order valence-corrected chi connectivity index (χ3v) is 7.78. The second-order valence-corrected chi connectivity index (χ2v) is 11.0. The minimum atomic E-state index is -0.0134. The van der Waals surface area contributed by atoms with Crippen LogP contribution in [0.15, 0.2) is 59.5 Å². The number of ketones is 1. The summed E-state index contributed by atoms with van der Waals surface area (Å²) in [5.74, 6) is 1.87. The van der Waals surface area contributed by atoms with Crippen molar-refractivity contribution in [2.45, 2.75) is 108 Å². The van der Waals surface area contributed by atoms with Gasteiger partial charge in [-0.15, -0.1) is 11.8 Å². The number of unbranched alkanes of at least 4 members (excludes halogenated alkanes) is 14. The average Bonchev–Trinajstić information content (AvgIpc) is 2.92. The van der Waals surface area contributed by atoms with Crippen molar-refractivity contribution in [2.24, 2.45) is 0 Å². The summed E-state index contributed by atoms with van der Waals surface area (Å²) in [7, 11) is 1.61. The fraction of sp³-hybridized carbons (Fsp3) is 0.545. The first-order chi connectivity index (χ1) is 17.7. The highest BCUT2D eigenvalue weighted by atomic mass is 32.2. The van der Waals surface area contributed by atoms with Crippen molar-refractivity contribution in [2.75, 3.05) is 12.9 Å². The number of allylic oxidation sites excluding steroid dienone is 1. The van der Waals surface area contributed by atoms with Crippen LogP contribution in [-0.4, -0.2) is 18.6 Å². The lowest BCUT2D eigenvalue weighted by atomic mass is 10.0. The van der Waals surface area contributed by atoms with E-state index in [2.05, 4.69) is 31.2 Å². The Bertz CT molecular complexity index is 856. The van der Waals surface area contributed by atoms with Gasteiger partial charge in [0.05, 0.1) is 7.11 Å². The Morgan fingerprint density at radius 2 is 1.31 bits per heavy atom. The normalized spacial score (nSPS) is 11.3. The Morgan fingerprint density at radius 1 is 0.750 bits per heavy atom. The van der Waals surface area contributed by atoms with Crippen LogP contribution in [0.4, 0.5) is 0 Å². The standard InChI is InChI=1S/C33H48O2S/c1-3-4-5-6-7-8-9-10-11-12-13-14-15-16-17-27-36-32-24-21-29(22-25-32)23-26-33(34)30-19-18-20-31(28-30)35-2/h18-26,28H,3-17,27H2,1-2H3. The SMILES string of the molecule is CCCCCCCCCCCCCCCCCSc1ccc(C=CC(=O)c2cccc(OC)c2)cc1. The fourth-order valence-electron chi connectivity index (χ4n) is 4.38. The summed E-state index contributed by atoms with van der Waals surface area (Å²) in [6.45, 7) is 2.29. The topological polar surface area (TPSA) is 26.3 Å². The van der Waals surface area contributed by atoms with Crippen LogP contribution in [0.2, 0.25) is 0 Å². The van der Waals surface area contributed by atoms with Crippen LogP contribution < -0.4 is 4.74 Å². The van der Waals surface area contributed by atoms with Gasteiger partial charge in [0, 0.05) is 10.5 Å². The van der Waals surface area contributed by atoms with Gasteiger partial charge >= 0.3 is 0 Å². The molecule has 2 aromatic carbocycles. The molecule has 0 aliphatic rings. The molecule has 0 saturated carbocycles. The highest BCUT2D eigenvalue weighted by Crippen LogP contribution is 2.22. The second kappa shape index (κ2) is 20.1. The van der Waals surface area contributed by atoms with E-state index in [1.54, 1.807) is 19.3 Å². The van der Waals surface area contributed by atoms with Crippen LogP contribution in [0.3, 0.4) is 0 Å². The fourth-order valence-corrected chi connectivity index (χ4v) is 5.30. The first-order valence-corrected chi connectivity index (χ1v) is 15.3. The van der Waals surface area contributed by atoms with Crippen molar-refractivity contribution in [3.63, 3.8) is 0 Å². The number of ether oxygens (including phenoxy) is 1. The maximum absolute atomic E-state index is 12.4. The summed E-state index contributed by atoms with van der Waals surface area (Å²) < 4.78 is 5.20. The predicted octanol–water partition coefficient (Wildman–Crippen LogP) is 10.6. The molecule has 0 aliphatic carbocycles. The van der Waals surface area contributed by atoms with Gasteiger partial charge in [-0.25, -0.2) is 0 Å². The van der Waals surface area contributed by atoms with Gasteiger partial charge in [-0.05, 0) is 48.1 Å². The minimum absolute atomic E-state index is 0.0134. The molecule has 3 heteroatoms. The molecule has 0 atom stereocenters. The Hall–Kier alpha value is -2.00. The Balaban J connectivity index is 1.47. The third kappa shape index (κ3) is 13.9. The van der Waals surface area contributed by atoms with Crippen molar-refractivity contribution in [1.82, 2.24) is 0 Å². The van der Waals surface area contributed by atoms with Crippen molar-refractivity contribution >= 4 is 23.6 Å². The molecule has 2 aromatic rings. The van der Waals surface area contributed by atoms with Crippen LogP contribution in [-0.2, 0) is 0 Å². The molecule has 36 heavy (non-hydrogen) atoms. The summed E-state index contributed by atoms with van der Waals surface area (Å²) in [6, 6.07) is 15.8. The van der Waals surface area contributed by atoms with E-state index < -0.39 is 0 Å². The number of rotatable bonds is 21. The van der Waals surface area contributed by atoms with Gasteiger partial charge in [0.2, 0.25) is 0 Å². The first-order valence-electron chi connectivity index (χ1n) is 14.3. The number of thioether (sulfide) groups is 1. The number of methoxy groups -OCH3 is 1. The summed E-state index contributed by atoms with van der Waals surface area (Å²) in [5.41, 5.74) is 1.68. The molecule has 0 aliphatic heterocycles. The van der Waals surface area contributed by atoms with Crippen molar-refractivity contribution in [3.05, 3.63) is 65.7 Å². The van der Waals surface area contributed by atoms with Crippen LogP contribution >= 0.6 is 11.8 Å². The molecular formula is C33H48O2S. The smallest absolute Gasteiger partial charge is 0.185 e. The largest absolute Gasteiger partial charge is 0.497 e. The number of hydrogen-bond donors (Lipinski definition) is 0. The Kier molecular flexibility index (Phi) is 16.9. The maximum Gasteiger partial charge on any atom is 0.185 e. The van der Waals surface area contributed by atoms with Crippen LogP contribution in [0, 0.1) is 0 Å². The van der Waals surface area contributed by atoms with E-state index in [1.165, 1.54) is 107 Å². The third-order valence-electron chi connectivity index (χ3n) is 6.68. The molecule has 0 spiro atoms. The van der Waals surface area contributed by atoms with E-state index in [-0.39, 0.29) is 5.78 Å². The molecule has 2 nitrogen and oxygen atoms in total. The molecule has 0 radical (unpaired) electrons. The van der Waals surface area contributed by atoms with Gasteiger partial charge in [-0.3, -0.25) is 4.79 Å². The summed E-state index contributed by atoms with van der Waals surface area (Å²) in [4.78, 5) is 13.7. The minimum Gasteiger partial charge on any atom is -0.497 e. The monoisotopic (exact) mass is 508 g/mol. The summed E-state index contributed by atoms with van der Waals surface area (Å²) in [6.07, 6.45) is 24.6. The molecule has 0 fully saturated rings. The number of benzene rings is 2. The van der Waals surface area contributed by atoms with E-state index in [0.717, 1.165) is 5.56 Å². The molecule has 2 rings (SSSR count). The molecule has 0 bridgehead atoms. The van der Waals surface area contributed by atoms with E-state index in [0.29, 0.717) is 11.3 Å². The Labute approximate surface area is 225 Å². The molecule has 0 N–H and O–H groups in total. The van der Waals surface area contributed by atoms with Gasteiger partial charge < -0.3 is 4.74 Å². The highest BCUT2D eigenvalue weighted by Gasteiger charge is 2.03. The van der Waals surface area contributed by atoms with E-state index in [9.17, 15) is 4.79 Å². The lowest BCUT2D eigenvalue weighted by Crippen LogP contribution is -1.94. The van der Waals surface area contributed by atoms with Crippen LogP contribution in [0.1, 0.15) is 119 Å². The molecule has 198 valence electrons. The number of carbonyl (C=O) groups is 1. The molecular weight excluding hydrogens is 460 g/mol. The lowest BCUT2D eigenvalue weighted by Gasteiger charge is -2.04. The van der Waals surface area contributed by atoms with Gasteiger partial charge in [0.15, 0.2) is 5.78 Å². The average molecular weight is 509 g/mol. The summed E-state index contributed by atoms with van der Waals surface area (Å²) >= 11 is 1.94.